The third-order valence-electron chi connectivity index (χ3n) is 4.70. The normalized spacial score (nSPS) is 21.1. The van der Waals surface area contributed by atoms with E-state index in [1.165, 1.54) is 29.2 Å². The lowest BCUT2D eigenvalue weighted by atomic mass is 10.1. The molecule has 1 aliphatic carbocycles. The van der Waals surface area contributed by atoms with Gasteiger partial charge in [0, 0.05) is 24.6 Å². The number of nitrogens with one attached hydrogen (secondary N) is 1. The Bertz CT molecular complexity index is 843. The molecule has 2 unspecified atom stereocenters. The van der Waals surface area contributed by atoms with Crippen LogP contribution in [0.2, 0.25) is 0 Å². The van der Waals surface area contributed by atoms with Gasteiger partial charge in [0.05, 0.1) is 17.0 Å². The number of nitro benzene ring substituents is 1. The number of ether oxygens (including phenoxy) is 2. The number of esters is 1. The molecule has 1 heterocycles. The minimum absolute atomic E-state index is 0.0242. The fourth-order valence-corrected chi connectivity index (χ4v) is 3.12. The number of benzene rings is 1. The van der Waals surface area contributed by atoms with Crippen LogP contribution in [0.15, 0.2) is 24.3 Å². The molecule has 2 aliphatic rings. The lowest BCUT2D eigenvalue weighted by molar-refractivity contribution is -0.384. The van der Waals surface area contributed by atoms with E-state index >= 15 is 0 Å². The lowest BCUT2D eigenvalue weighted by Gasteiger charge is -2.27. The van der Waals surface area contributed by atoms with E-state index in [-0.39, 0.29) is 36.2 Å². The Labute approximate surface area is 173 Å². The number of non-ortho nitro benzene ring substituents is 1. The first-order chi connectivity index (χ1) is 14.0. The summed E-state index contributed by atoms with van der Waals surface area (Å²) in [5.41, 5.74) is -0.724. The van der Waals surface area contributed by atoms with Crippen molar-refractivity contribution in [1.29, 1.82) is 0 Å². The first-order valence-corrected chi connectivity index (χ1v) is 9.79. The molecule has 1 saturated heterocycles. The average Bonchev–Trinajstić information content (AvgIpc) is 3.36. The molecule has 0 aromatic heterocycles. The van der Waals surface area contributed by atoms with Gasteiger partial charge < -0.3 is 14.8 Å². The highest BCUT2D eigenvalue weighted by Crippen LogP contribution is 2.26. The van der Waals surface area contributed by atoms with Crippen LogP contribution in [0.1, 0.15) is 50.4 Å². The van der Waals surface area contributed by atoms with Crippen molar-refractivity contribution in [2.45, 2.75) is 63.8 Å². The molecule has 3 rings (SSSR count). The van der Waals surface area contributed by atoms with Crippen molar-refractivity contribution in [3.63, 3.8) is 0 Å². The number of nitro groups is 1. The van der Waals surface area contributed by atoms with Gasteiger partial charge in [-0.3, -0.25) is 19.8 Å². The van der Waals surface area contributed by atoms with Crippen molar-refractivity contribution in [2.24, 2.45) is 0 Å². The topological polar surface area (TPSA) is 128 Å². The zero-order chi connectivity index (χ0) is 22.1. The molecule has 10 nitrogen and oxygen atoms in total. The first kappa shape index (κ1) is 21.5. The maximum absolute atomic E-state index is 12.6. The quantitative estimate of drug-likeness (QED) is 0.441. The summed E-state index contributed by atoms with van der Waals surface area (Å²) in [5, 5.41) is 13.6. The largest absolute Gasteiger partial charge is 0.457 e. The Morgan fingerprint density at radius 1 is 1.17 bits per heavy atom. The Hall–Kier alpha value is -3.17. The van der Waals surface area contributed by atoms with Crippen LogP contribution in [-0.2, 0) is 14.3 Å². The molecule has 10 heteroatoms. The summed E-state index contributed by atoms with van der Waals surface area (Å²) in [7, 11) is 0. The number of carbonyl (C=O) groups is 3. The summed E-state index contributed by atoms with van der Waals surface area (Å²) >= 11 is 0. The molecule has 1 saturated carbocycles. The molecule has 1 aliphatic heterocycles. The molecule has 1 aromatic rings. The second kappa shape index (κ2) is 8.29. The van der Waals surface area contributed by atoms with Gasteiger partial charge in [-0.05, 0) is 45.7 Å². The molecule has 0 spiro atoms. The van der Waals surface area contributed by atoms with E-state index in [1.54, 1.807) is 20.8 Å². The second-order valence-electron chi connectivity index (χ2n) is 8.50. The number of amides is 2. The third-order valence-corrected chi connectivity index (χ3v) is 4.70. The van der Waals surface area contributed by atoms with Crippen molar-refractivity contribution in [3.05, 3.63) is 39.9 Å². The van der Waals surface area contributed by atoms with Crippen molar-refractivity contribution >= 4 is 23.7 Å². The highest BCUT2D eigenvalue weighted by atomic mass is 16.6. The van der Waals surface area contributed by atoms with E-state index < -0.39 is 34.7 Å². The summed E-state index contributed by atoms with van der Waals surface area (Å²) in [4.78, 5) is 49.1. The average molecular weight is 419 g/mol. The van der Waals surface area contributed by atoms with E-state index in [0.717, 1.165) is 12.8 Å². The highest BCUT2D eigenvalue weighted by Gasteiger charge is 2.44. The second-order valence-corrected chi connectivity index (χ2v) is 8.50. The van der Waals surface area contributed by atoms with Gasteiger partial charge in [-0.1, -0.05) is 0 Å². The van der Waals surface area contributed by atoms with E-state index in [2.05, 4.69) is 5.32 Å². The van der Waals surface area contributed by atoms with Gasteiger partial charge in [-0.25, -0.2) is 9.59 Å². The van der Waals surface area contributed by atoms with Crippen LogP contribution >= 0.6 is 0 Å². The van der Waals surface area contributed by atoms with Gasteiger partial charge in [-0.2, -0.15) is 0 Å². The number of nitrogens with zero attached hydrogens (tertiary/aromatic N) is 2. The van der Waals surface area contributed by atoms with Crippen LogP contribution in [0.3, 0.4) is 0 Å². The van der Waals surface area contributed by atoms with Crippen molar-refractivity contribution < 1.29 is 28.8 Å². The Morgan fingerprint density at radius 2 is 1.80 bits per heavy atom. The SMILES string of the molecule is CC(C)(C)OC(=O)N1CC(OC(=O)c2ccc([N+](=O)[O-])cc2)CC1C(=O)NC1CC1. The molecule has 162 valence electrons. The standard InChI is InChI=1S/C20H25N3O7/c1-20(2,3)30-19(26)22-11-15(10-16(22)17(24)21-13-6-7-13)29-18(25)12-4-8-14(9-5-12)23(27)28/h4-5,8-9,13,15-16H,6-7,10-11H2,1-3H3,(H,21,24). The van der Waals surface area contributed by atoms with Gasteiger partial charge in [0.15, 0.2) is 0 Å². The Kier molecular flexibility index (Phi) is 5.95. The fourth-order valence-electron chi connectivity index (χ4n) is 3.12. The third kappa shape index (κ3) is 5.46. The Balaban J connectivity index is 1.68. The van der Waals surface area contributed by atoms with Gasteiger partial charge in [0.2, 0.25) is 5.91 Å². The maximum atomic E-state index is 12.6. The molecule has 0 bridgehead atoms. The van der Waals surface area contributed by atoms with E-state index in [4.69, 9.17) is 9.47 Å². The van der Waals surface area contributed by atoms with Crippen LogP contribution in [0.4, 0.5) is 10.5 Å². The summed E-state index contributed by atoms with van der Waals surface area (Å²) in [6.45, 7) is 5.21. The maximum Gasteiger partial charge on any atom is 0.411 e. The smallest absolute Gasteiger partial charge is 0.411 e. The minimum atomic E-state index is -0.796. The van der Waals surface area contributed by atoms with Crippen LogP contribution in [0.25, 0.3) is 0 Å². The molecule has 1 aromatic carbocycles. The highest BCUT2D eigenvalue weighted by molar-refractivity contribution is 5.90. The molecular formula is C20H25N3O7. The predicted molar refractivity (Wildman–Crippen MR) is 105 cm³/mol. The first-order valence-electron chi connectivity index (χ1n) is 9.79. The van der Waals surface area contributed by atoms with Gasteiger partial charge >= 0.3 is 12.1 Å². The van der Waals surface area contributed by atoms with E-state index in [1.807, 2.05) is 0 Å². The number of carbonyl (C=O) groups excluding carboxylic acids is 3. The minimum Gasteiger partial charge on any atom is -0.457 e. The summed E-state index contributed by atoms with van der Waals surface area (Å²) in [6, 6.07) is 4.36. The zero-order valence-corrected chi connectivity index (χ0v) is 17.1. The number of hydrogen-bond acceptors (Lipinski definition) is 7. The van der Waals surface area contributed by atoms with Crippen molar-refractivity contribution in [3.8, 4) is 0 Å². The molecule has 1 N–H and O–H groups in total. The van der Waals surface area contributed by atoms with Crippen LogP contribution in [0.5, 0.6) is 0 Å². The number of likely N-dealkylation sites (tertiary alicyclic amines) is 1. The molecule has 0 radical (unpaired) electrons. The zero-order valence-electron chi connectivity index (χ0n) is 17.1. The van der Waals surface area contributed by atoms with Gasteiger partial charge in [-0.15, -0.1) is 0 Å². The summed E-state index contributed by atoms with van der Waals surface area (Å²) < 4.78 is 10.9. The number of rotatable bonds is 5. The van der Waals surface area contributed by atoms with Crippen LogP contribution in [0, 0.1) is 10.1 Å². The molecular weight excluding hydrogens is 394 g/mol. The predicted octanol–water partition coefficient (Wildman–Crippen LogP) is 2.41. The molecule has 30 heavy (non-hydrogen) atoms. The van der Waals surface area contributed by atoms with Gasteiger partial charge in [0.1, 0.15) is 17.7 Å². The molecule has 2 fully saturated rings. The molecule has 2 amide bonds. The van der Waals surface area contributed by atoms with Crippen molar-refractivity contribution in [1.82, 2.24) is 10.2 Å². The monoisotopic (exact) mass is 419 g/mol. The molecule has 2 atom stereocenters. The summed E-state index contributed by atoms with van der Waals surface area (Å²) in [6.07, 6.45) is 0.617. The van der Waals surface area contributed by atoms with Crippen LogP contribution in [-0.4, -0.2) is 58.1 Å². The van der Waals surface area contributed by atoms with E-state index in [0.29, 0.717) is 0 Å². The van der Waals surface area contributed by atoms with Crippen LogP contribution < -0.4 is 5.32 Å². The fraction of sp³-hybridized carbons (Fsp3) is 0.550. The lowest BCUT2D eigenvalue weighted by Crippen LogP contribution is -2.48. The van der Waals surface area contributed by atoms with E-state index in [9.17, 15) is 24.5 Å². The Morgan fingerprint density at radius 3 is 2.33 bits per heavy atom. The number of hydrogen-bond donors (Lipinski definition) is 1. The van der Waals surface area contributed by atoms with Crippen molar-refractivity contribution in [2.75, 3.05) is 6.54 Å². The summed E-state index contributed by atoms with van der Waals surface area (Å²) in [5.74, 6) is -0.973. The van der Waals surface area contributed by atoms with Gasteiger partial charge in [0.25, 0.3) is 5.69 Å².